The minimum atomic E-state index is -2.10. The molecule has 0 aromatic heterocycles. The van der Waals surface area contributed by atoms with Gasteiger partial charge in [-0.15, -0.1) is 0 Å². The zero-order valence-electron chi connectivity index (χ0n) is 4.70. The fourth-order valence-electron chi connectivity index (χ4n) is 0.341. The molecule has 0 aromatic rings. The Morgan fingerprint density at radius 1 is 1.67 bits per heavy atom. The molecule has 0 aliphatic rings. The fraction of sp³-hybridized carbons (Fsp3) is 0.750. The molecule has 4 nitrogen and oxygen atoms in total. The van der Waals surface area contributed by atoms with Crippen LogP contribution >= 0.6 is 0 Å². The minimum absolute atomic E-state index is 0.0632. The highest BCUT2D eigenvalue weighted by molar-refractivity contribution is 7.79. The number of carbonyl (C=O) groups is 1. The lowest BCUT2D eigenvalue weighted by Gasteiger charge is -2.00. The summed E-state index contributed by atoms with van der Waals surface area (Å²) in [7, 11) is 0. The first kappa shape index (κ1) is 8.58. The third kappa shape index (κ3) is 7.58. The topological polar surface area (TPSA) is 77.4 Å². The number of hydrogen-bond donors (Lipinski definition) is 1. The van der Waals surface area contributed by atoms with Crippen LogP contribution in [-0.2, 0) is 15.9 Å². The Morgan fingerprint density at radius 2 is 2.22 bits per heavy atom. The second kappa shape index (κ2) is 4.46. The van der Waals surface area contributed by atoms with Crippen LogP contribution in [0.3, 0.4) is 0 Å². The molecule has 0 heterocycles. The SMILES string of the molecule is O=C(O)CCCS(=O)[O-]. The van der Waals surface area contributed by atoms with Crippen molar-refractivity contribution in [1.29, 1.82) is 0 Å². The molecule has 0 aliphatic carbocycles. The van der Waals surface area contributed by atoms with E-state index < -0.39 is 17.0 Å². The standard InChI is InChI=1S/C4H8O4S/c5-4(6)2-1-3-9(7)8/h1-3H2,(H,5,6)(H,7,8)/p-1. The van der Waals surface area contributed by atoms with Crippen molar-refractivity contribution in [3.63, 3.8) is 0 Å². The van der Waals surface area contributed by atoms with Crippen molar-refractivity contribution >= 4 is 17.0 Å². The molecule has 0 bridgehead atoms. The molecule has 0 aliphatic heterocycles. The smallest absolute Gasteiger partial charge is 0.303 e. The van der Waals surface area contributed by atoms with Crippen molar-refractivity contribution in [2.75, 3.05) is 5.75 Å². The second-order valence-corrected chi connectivity index (χ2v) is 2.52. The first-order valence-corrected chi connectivity index (χ1v) is 3.65. The van der Waals surface area contributed by atoms with E-state index in [-0.39, 0.29) is 18.6 Å². The molecule has 54 valence electrons. The van der Waals surface area contributed by atoms with Gasteiger partial charge < -0.3 is 9.66 Å². The van der Waals surface area contributed by atoms with Crippen molar-refractivity contribution in [2.24, 2.45) is 0 Å². The van der Waals surface area contributed by atoms with E-state index in [0.717, 1.165) is 0 Å². The van der Waals surface area contributed by atoms with E-state index in [1.807, 2.05) is 0 Å². The summed E-state index contributed by atoms with van der Waals surface area (Å²) in [5.41, 5.74) is 0. The number of carboxylic acid groups (broad SMARTS) is 1. The van der Waals surface area contributed by atoms with Gasteiger partial charge in [-0.2, -0.15) is 0 Å². The number of aliphatic carboxylic acids is 1. The van der Waals surface area contributed by atoms with Crippen LogP contribution in [0.15, 0.2) is 0 Å². The van der Waals surface area contributed by atoms with Gasteiger partial charge in [0, 0.05) is 12.2 Å². The summed E-state index contributed by atoms with van der Waals surface area (Å²) in [6.07, 6.45) is 0.124. The number of hydrogen-bond acceptors (Lipinski definition) is 3. The van der Waals surface area contributed by atoms with Crippen LogP contribution in [0.4, 0.5) is 0 Å². The molecule has 0 radical (unpaired) electrons. The van der Waals surface area contributed by atoms with Gasteiger partial charge in [0.25, 0.3) is 0 Å². The predicted octanol–water partition coefficient (Wildman–Crippen LogP) is -0.270. The lowest BCUT2D eigenvalue weighted by Crippen LogP contribution is -2.00. The quantitative estimate of drug-likeness (QED) is 0.561. The summed E-state index contributed by atoms with van der Waals surface area (Å²) in [5, 5.41) is 8.03. The van der Waals surface area contributed by atoms with Crippen LogP contribution in [0.1, 0.15) is 12.8 Å². The van der Waals surface area contributed by atoms with Gasteiger partial charge in [-0.25, -0.2) is 0 Å². The Balaban J connectivity index is 3.10. The number of rotatable bonds is 4. The second-order valence-electron chi connectivity index (χ2n) is 1.51. The highest BCUT2D eigenvalue weighted by Gasteiger charge is 1.94. The molecule has 5 heteroatoms. The molecule has 1 atom stereocenters. The molecule has 9 heavy (non-hydrogen) atoms. The van der Waals surface area contributed by atoms with Crippen LogP contribution in [0.25, 0.3) is 0 Å². The summed E-state index contributed by atoms with van der Waals surface area (Å²) >= 11 is -2.10. The molecular formula is C4H7O4S-. The Morgan fingerprint density at radius 3 is 2.56 bits per heavy atom. The van der Waals surface area contributed by atoms with Gasteiger partial charge in [0.15, 0.2) is 0 Å². The zero-order valence-corrected chi connectivity index (χ0v) is 5.52. The summed E-state index contributed by atoms with van der Waals surface area (Å²) in [4.78, 5) is 9.78. The van der Waals surface area contributed by atoms with Gasteiger partial charge in [-0.1, -0.05) is 11.1 Å². The molecule has 0 saturated carbocycles. The van der Waals surface area contributed by atoms with Gasteiger partial charge in [-0.3, -0.25) is 9.00 Å². The summed E-state index contributed by atoms with van der Waals surface area (Å²) in [6, 6.07) is 0. The van der Waals surface area contributed by atoms with Gasteiger partial charge >= 0.3 is 5.97 Å². The minimum Gasteiger partial charge on any atom is -0.772 e. The maximum Gasteiger partial charge on any atom is 0.303 e. The Labute approximate surface area is 55.2 Å². The monoisotopic (exact) mass is 151 g/mol. The van der Waals surface area contributed by atoms with E-state index in [4.69, 9.17) is 5.11 Å². The lowest BCUT2D eigenvalue weighted by molar-refractivity contribution is -0.137. The van der Waals surface area contributed by atoms with Crippen molar-refractivity contribution in [3.05, 3.63) is 0 Å². The van der Waals surface area contributed by atoms with E-state index in [1.165, 1.54) is 0 Å². The number of carboxylic acids is 1. The average molecular weight is 151 g/mol. The highest BCUT2D eigenvalue weighted by atomic mass is 32.2. The molecular weight excluding hydrogens is 144 g/mol. The Kier molecular flexibility index (Phi) is 4.25. The molecule has 0 aromatic carbocycles. The summed E-state index contributed by atoms with van der Waals surface area (Å²) in [5.74, 6) is -1.02. The first-order valence-electron chi connectivity index (χ1n) is 2.40. The van der Waals surface area contributed by atoms with E-state index in [0.29, 0.717) is 0 Å². The molecule has 0 spiro atoms. The van der Waals surface area contributed by atoms with Crippen LogP contribution in [-0.4, -0.2) is 25.6 Å². The van der Waals surface area contributed by atoms with Crippen LogP contribution in [0.5, 0.6) is 0 Å². The van der Waals surface area contributed by atoms with Gasteiger partial charge in [0.2, 0.25) is 0 Å². The van der Waals surface area contributed by atoms with Crippen LogP contribution in [0, 0.1) is 0 Å². The Hall–Kier alpha value is -0.420. The zero-order chi connectivity index (χ0) is 7.28. The largest absolute Gasteiger partial charge is 0.772 e. The van der Waals surface area contributed by atoms with Gasteiger partial charge in [-0.05, 0) is 6.42 Å². The maximum absolute atomic E-state index is 9.79. The van der Waals surface area contributed by atoms with Crippen molar-refractivity contribution < 1.29 is 18.7 Å². The van der Waals surface area contributed by atoms with Gasteiger partial charge in [0.05, 0.1) is 0 Å². The third-order valence-electron chi connectivity index (χ3n) is 0.702. The molecule has 1 unspecified atom stereocenters. The molecule has 0 fully saturated rings. The first-order chi connectivity index (χ1) is 4.13. The molecule has 0 amide bonds. The van der Waals surface area contributed by atoms with Crippen molar-refractivity contribution in [2.45, 2.75) is 12.8 Å². The molecule has 0 rings (SSSR count). The van der Waals surface area contributed by atoms with E-state index in [9.17, 15) is 13.6 Å². The van der Waals surface area contributed by atoms with E-state index in [2.05, 4.69) is 0 Å². The van der Waals surface area contributed by atoms with Crippen molar-refractivity contribution in [1.82, 2.24) is 0 Å². The highest BCUT2D eigenvalue weighted by Crippen LogP contribution is 1.89. The average Bonchev–Trinajstić information content (AvgIpc) is 1.63. The van der Waals surface area contributed by atoms with Crippen LogP contribution in [0.2, 0.25) is 0 Å². The summed E-state index contributed by atoms with van der Waals surface area (Å²) < 4.78 is 19.6. The van der Waals surface area contributed by atoms with Gasteiger partial charge in [0.1, 0.15) is 0 Å². The lowest BCUT2D eigenvalue weighted by atomic mass is 10.3. The normalized spacial score (nSPS) is 13.0. The van der Waals surface area contributed by atoms with E-state index in [1.54, 1.807) is 0 Å². The third-order valence-corrected chi connectivity index (χ3v) is 1.32. The fourth-order valence-corrected chi connectivity index (χ4v) is 0.721. The Bertz CT molecular complexity index is 108. The summed E-state index contributed by atoms with van der Waals surface area (Å²) in [6.45, 7) is 0. The maximum atomic E-state index is 9.79. The predicted molar refractivity (Wildman–Crippen MR) is 30.7 cm³/mol. The molecule has 0 saturated heterocycles. The molecule has 1 N–H and O–H groups in total. The van der Waals surface area contributed by atoms with Crippen molar-refractivity contribution in [3.8, 4) is 0 Å². The van der Waals surface area contributed by atoms with Crippen LogP contribution < -0.4 is 0 Å². The van der Waals surface area contributed by atoms with E-state index >= 15 is 0 Å².